The first-order chi connectivity index (χ1) is 8.65. The Kier molecular flexibility index (Phi) is 3.59. The quantitative estimate of drug-likeness (QED) is 0.633. The van der Waals surface area contributed by atoms with Gasteiger partial charge >= 0.3 is 0 Å². The number of methoxy groups -OCH3 is 2. The number of rotatable bonds is 4. The summed E-state index contributed by atoms with van der Waals surface area (Å²) in [6.45, 7) is -0.0148. The number of hydrogen-bond acceptors (Lipinski definition) is 5. The summed E-state index contributed by atoms with van der Waals surface area (Å²) in [4.78, 5) is 23.2. The van der Waals surface area contributed by atoms with Crippen LogP contribution in [0.2, 0.25) is 0 Å². The number of anilines is 1. The van der Waals surface area contributed by atoms with Crippen LogP contribution in [0.25, 0.3) is 0 Å². The largest absolute Gasteiger partial charge is 0.482 e. The molecule has 96 valence electrons. The number of carbonyl (C=O) groups is 2. The normalized spacial score (nSPS) is 13.8. The molecule has 1 aliphatic heterocycles. The summed E-state index contributed by atoms with van der Waals surface area (Å²) >= 11 is 0. The summed E-state index contributed by atoms with van der Waals surface area (Å²) in [5.74, 6) is -0.0257. The Labute approximate surface area is 104 Å². The molecule has 1 heterocycles. The Morgan fingerprint density at radius 1 is 1.39 bits per heavy atom. The van der Waals surface area contributed by atoms with Gasteiger partial charge in [-0.25, -0.2) is 0 Å². The first kappa shape index (κ1) is 12.5. The maximum atomic E-state index is 12.0. The van der Waals surface area contributed by atoms with E-state index in [1.807, 2.05) is 0 Å². The zero-order chi connectivity index (χ0) is 13.1. The lowest BCUT2D eigenvalue weighted by Gasteiger charge is -2.19. The van der Waals surface area contributed by atoms with E-state index < -0.39 is 6.29 Å². The predicted molar refractivity (Wildman–Crippen MR) is 62.7 cm³/mol. The Hall–Kier alpha value is -1.92. The molecule has 1 N–H and O–H groups in total. The van der Waals surface area contributed by atoms with Crippen molar-refractivity contribution in [2.24, 2.45) is 0 Å². The van der Waals surface area contributed by atoms with Crippen molar-refractivity contribution in [3.05, 3.63) is 23.8 Å². The van der Waals surface area contributed by atoms with E-state index >= 15 is 0 Å². The molecule has 6 nitrogen and oxygen atoms in total. The van der Waals surface area contributed by atoms with E-state index in [2.05, 4.69) is 5.32 Å². The molecule has 1 aromatic rings. The Morgan fingerprint density at radius 2 is 2.11 bits per heavy atom. The number of ketones is 1. The van der Waals surface area contributed by atoms with Crippen molar-refractivity contribution in [3.63, 3.8) is 0 Å². The number of carbonyl (C=O) groups excluding carboxylic acids is 2. The summed E-state index contributed by atoms with van der Waals surface area (Å²) < 4.78 is 15.0. The number of ether oxygens (including phenoxy) is 3. The third-order valence-corrected chi connectivity index (χ3v) is 2.54. The molecule has 18 heavy (non-hydrogen) atoms. The van der Waals surface area contributed by atoms with E-state index in [1.54, 1.807) is 18.2 Å². The molecule has 0 saturated heterocycles. The summed E-state index contributed by atoms with van der Waals surface area (Å²) in [6, 6.07) is 4.77. The van der Waals surface area contributed by atoms with Crippen LogP contribution < -0.4 is 10.1 Å². The van der Waals surface area contributed by atoms with Crippen LogP contribution >= 0.6 is 0 Å². The van der Waals surface area contributed by atoms with Gasteiger partial charge in [0.2, 0.25) is 12.1 Å². The standard InChI is InChI=1S/C12H13NO5/c1-16-12(17-2)11(15)7-3-4-9-8(5-7)13-10(14)6-18-9/h3-5,12H,6H2,1-2H3,(H,13,14). The molecular formula is C12H13NO5. The van der Waals surface area contributed by atoms with Gasteiger partial charge < -0.3 is 19.5 Å². The SMILES string of the molecule is COC(OC)C(=O)c1ccc2c(c1)NC(=O)CO2. The summed E-state index contributed by atoms with van der Waals surface area (Å²) in [7, 11) is 2.77. The van der Waals surface area contributed by atoms with Gasteiger partial charge in [-0.05, 0) is 18.2 Å². The second kappa shape index (κ2) is 5.16. The van der Waals surface area contributed by atoms with Crippen molar-refractivity contribution in [2.75, 3.05) is 26.1 Å². The molecule has 0 saturated carbocycles. The molecule has 0 unspecified atom stereocenters. The number of nitrogens with one attached hydrogen (secondary N) is 1. The van der Waals surface area contributed by atoms with E-state index in [0.717, 1.165) is 0 Å². The predicted octanol–water partition coefficient (Wildman–Crippen LogP) is 0.819. The molecule has 0 radical (unpaired) electrons. The van der Waals surface area contributed by atoms with Crippen molar-refractivity contribution < 1.29 is 23.8 Å². The second-order valence-corrected chi connectivity index (χ2v) is 3.72. The molecule has 0 spiro atoms. The van der Waals surface area contributed by atoms with Gasteiger partial charge in [0.05, 0.1) is 5.69 Å². The first-order valence-electron chi connectivity index (χ1n) is 5.32. The van der Waals surface area contributed by atoms with Crippen LogP contribution in [-0.4, -0.2) is 38.8 Å². The van der Waals surface area contributed by atoms with Crippen LogP contribution in [0, 0.1) is 0 Å². The summed E-state index contributed by atoms with van der Waals surface area (Å²) in [6.07, 6.45) is -0.955. The molecule has 1 aromatic carbocycles. The molecule has 0 aromatic heterocycles. The maximum Gasteiger partial charge on any atom is 0.262 e. The van der Waals surface area contributed by atoms with E-state index in [1.165, 1.54) is 14.2 Å². The van der Waals surface area contributed by atoms with Crippen LogP contribution in [0.15, 0.2) is 18.2 Å². The van der Waals surface area contributed by atoms with Crippen molar-refractivity contribution in [1.29, 1.82) is 0 Å². The lowest BCUT2D eigenvalue weighted by Crippen LogP contribution is -2.27. The maximum absolute atomic E-state index is 12.0. The first-order valence-corrected chi connectivity index (χ1v) is 5.32. The fraction of sp³-hybridized carbons (Fsp3) is 0.333. The fourth-order valence-electron chi connectivity index (χ4n) is 1.68. The summed E-state index contributed by atoms with van der Waals surface area (Å²) in [5, 5.41) is 2.63. The van der Waals surface area contributed by atoms with Crippen LogP contribution in [0.4, 0.5) is 5.69 Å². The Balaban J connectivity index is 2.28. The van der Waals surface area contributed by atoms with Gasteiger partial charge in [0.25, 0.3) is 5.91 Å². The highest BCUT2D eigenvalue weighted by Gasteiger charge is 2.22. The monoisotopic (exact) mass is 251 g/mol. The number of fused-ring (bicyclic) bond motifs is 1. The molecule has 0 aliphatic carbocycles. The van der Waals surface area contributed by atoms with Crippen LogP contribution in [-0.2, 0) is 14.3 Å². The van der Waals surface area contributed by atoms with Gasteiger partial charge in [-0.3, -0.25) is 9.59 Å². The van der Waals surface area contributed by atoms with Crippen LogP contribution in [0.3, 0.4) is 0 Å². The van der Waals surface area contributed by atoms with E-state index in [-0.39, 0.29) is 18.3 Å². The van der Waals surface area contributed by atoms with E-state index in [0.29, 0.717) is 17.0 Å². The smallest absolute Gasteiger partial charge is 0.262 e. The van der Waals surface area contributed by atoms with Gasteiger partial charge in [-0.2, -0.15) is 0 Å². The average Bonchev–Trinajstić information content (AvgIpc) is 2.39. The molecular weight excluding hydrogens is 238 g/mol. The average molecular weight is 251 g/mol. The lowest BCUT2D eigenvalue weighted by molar-refractivity contribution is -0.118. The highest BCUT2D eigenvalue weighted by Crippen LogP contribution is 2.28. The topological polar surface area (TPSA) is 73.9 Å². The minimum absolute atomic E-state index is 0.0148. The highest BCUT2D eigenvalue weighted by molar-refractivity contribution is 6.02. The van der Waals surface area contributed by atoms with E-state index in [4.69, 9.17) is 14.2 Å². The van der Waals surface area contributed by atoms with Crippen molar-refractivity contribution in [1.82, 2.24) is 0 Å². The highest BCUT2D eigenvalue weighted by atomic mass is 16.7. The molecule has 1 aliphatic rings. The van der Waals surface area contributed by atoms with Crippen LogP contribution in [0.1, 0.15) is 10.4 Å². The van der Waals surface area contributed by atoms with Crippen molar-refractivity contribution >= 4 is 17.4 Å². The molecule has 0 bridgehead atoms. The summed E-state index contributed by atoms with van der Waals surface area (Å²) in [5.41, 5.74) is 0.858. The molecule has 0 fully saturated rings. The Bertz CT molecular complexity index is 481. The number of Topliss-reactive ketones (excluding diaryl/α,β-unsaturated/α-hetero) is 1. The third-order valence-electron chi connectivity index (χ3n) is 2.54. The minimum atomic E-state index is -0.955. The number of hydrogen-bond donors (Lipinski definition) is 1. The number of amides is 1. The molecule has 2 rings (SSSR count). The molecule has 0 atom stereocenters. The van der Waals surface area contributed by atoms with E-state index in [9.17, 15) is 9.59 Å². The molecule has 6 heteroatoms. The van der Waals surface area contributed by atoms with Gasteiger partial charge in [0.1, 0.15) is 5.75 Å². The van der Waals surface area contributed by atoms with Crippen molar-refractivity contribution in [3.8, 4) is 5.75 Å². The van der Waals surface area contributed by atoms with Gasteiger partial charge in [0, 0.05) is 19.8 Å². The zero-order valence-corrected chi connectivity index (χ0v) is 10.1. The van der Waals surface area contributed by atoms with Crippen LogP contribution in [0.5, 0.6) is 5.75 Å². The minimum Gasteiger partial charge on any atom is -0.482 e. The lowest BCUT2D eigenvalue weighted by atomic mass is 10.1. The Morgan fingerprint density at radius 3 is 2.78 bits per heavy atom. The fourth-order valence-corrected chi connectivity index (χ4v) is 1.68. The second-order valence-electron chi connectivity index (χ2n) is 3.72. The molecule has 1 amide bonds. The van der Waals surface area contributed by atoms with Gasteiger partial charge in [-0.1, -0.05) is 0 Å². The third kappa shape index (κ3) is 2.34. The van der Waals surface area contributed by atoms with Gasteiger partial charge in [0.15, 0.2) is 6.61 Å². The van der Waals surface area contributed by atoms with Gasteiger partial charge in [-0.15, -0.1) is 0 Å². The van der Waals surface area contributed by atoms with Crippen molar-refractivity contribution in [2.45, 2.75) is 6.29 Å². The zero-order valence-electron chi connectivity index (χ0n) is 10.1. The number of benzene rings is 1.